The van der Waals surface area contributed by atoms with Gasteiger partial charge in [0.15, 0.2) is 5.58 Å². The number of nitrogens with zero attached hydrogens (tertiary/aromatic N) is 1. The van der Waals surface area contributed by atoms with Crippen molar-refractivity contribution < 1.29 is 18.7 Å². The Morgan fingerprint density at radius 2 is 2.04 bits per heavy atom. The second-order valence-corrected chi connectivity index (χ2v) is 5.74. The fraction of sp³-hybridized carbons (Fsp3) is 0.111. The molecule has 1 aromatic heterocycles. The Morgan fingerprint density at radius 1 is 1.17 bits per heavy atom. The number of hydrogen-bond donors (Lipinski definition) is 0. The number of aromatic nitrogens is 1. The number of ether oxygens (including phenoxy) is 2. The lowest BCUT2D eigenvalue weighted by Gasteiger charge is -2.06. The van der Waals surface area contributed by atoms with Crippen molar-refractivity contribution in [2.45, 2.75) is 0 Å². The molecule has 0 unspecified atom stereocenters. The van der Waals surface area contributed by atoms with Crippen LogP contribution < -0.4 is 4.74 Å². The maximum absolute atomic E-state index is 11.7. The molecular formula is C18H14BrNO4. The molecule has 122 valence electrons. The number of carbonyl (C=O) groups is 1. The van der Waals surface area contributed by atoms with Gasteiger partial charge in [-0.3, -0.25) is 0 Å². The molecule has 1 heterocycles. The van der Waals surface area contributed by atoms with Crippen molar-refractivity contribution in [3.63, 3.8) is 0 Å². The molecule has 0 bridgehead atoms. The van der Waals surface area contributed by atoms with Gasteiger partial charge in [0.2, 0.25) is 5.89 Å². The number of hydrogen-bond acceptors (Lipinski definition) is 5. The van der Waals surface area contributed by atoms with Crippen LogP contribution in [0.2, 0.25) is 0 Å². The molecular weight excluding hydrogens is 374 g/mol. The summed E-state index contributed by atoms with van der Waals surface area (Å²) in [6.07, 6.45) is 2.77. The van der Waals surface area contributed by atoms with Gasteiger partial charge >= 0.3 is 5.97 Å². The molecule has 3 rings (SSSR count). The largest absolute Gasteiger partial charge is 0.490 e. The minimum atomic E-state index is -0.477. The van der Waals surface area contributed by atoms with Crippen LogP contribution in [0.25, 0.3) is 17.2 Å². The maximum atomic E-state index is 11.7. The van der Waals surface area contributed by atoms with Gasteiger partial charge in [-0.1, -0.05) is 34.1 Å². The van der Waals surface area contributed by atoms with Crippen LogP contribution in [0.1, 0.15) is 5.89 Å². The summed E-state index contributed by atoms with van der Waals surface area (Å²) in [6.45, 7) is 0.433. The highest BCUT2D eigenvalue weighted by molar-refractivity contribution is 9.10. The van der Waals surface area contributed by atoms with E-state index in [0.29, 0.717) is 17.2 Å². The lowest BCUT2D eigenvalue weighted by atomic mass is 10.3. The van der Waals surface area contributed by atoms with Gasteiger partial charge in [-0.05, 0) is 30.3 Å². The minimum Gasteiger partial charge on any atom is -0.490 e. The van der Waals surface area contributed by atoms with Gasteiger partial charge in [0.1, 0.15) is 24.5 Å². The minimum absolute atomic E-state index is 0.156. The van der Waals surface area contributed by atoms with E-state index in [4.69, 9.17) is 13.9 Å². The average Bonchev–Trinajstić information content (AvgIpc) is 3.00. The van der Waals surface area contributed by atoms with Crippen molar-refractivity contribution in [2.24, 2.45) is 0 Å². The summed E-state index contributed by atoms with van der Waals surface area (Å²) >= 11 is 3.36. The highest BCUT2D eigenvalue weighted by Crippen LogP contribution is 2.17. The first-order chi connectivity index (χ1) is 11.7. The normalized spacial score (nSPS) is 11.0. The number of rotatable bonds is 6. The van der Waals surface area contributed by atoms with Gasteiger partial charge in [-0.15, -0.1) is 0 Å². The first-order valence-electron chi connectivity index (χ1n) is 7.29. The highest BCUT2D eigenvalue weighted by Gasteiger charge is 2.03. The van der Waals surface area contributed by atoms with E-state index in [1.54, 1.807) is 0 Å². The van der Waals surface area contributed by atoms with E-state index >= 15 is 0 Å². The van der Waals surface area contributed by atoms with Crippen molar-refractivity contribution >= 4 is 39.1 Å². The van der Waals surface area contributed by atoms with Crippen LogP contribution in [0, 0.1) is 0 Å². The number of fused-ring (bicyclic) bond motifs is 1. The fourth-order valence-corrected chi connectivity index (χ4v) is 2.39. The summed E-state index contributed by atoms with van der Waals surface area (Å²) in [5.41, 5.74) is 1.42. The van der Waals surface area contributed by atoms with Crippen molar-refractivity contribution in [3.8, 4) is 5.75 Å². The van der Waals surface area contributed by atoms with E-state index < -0.39 is 5.97 Å². The molecule has 5 nitrogen and oxygen atoms in total. The number of halogens is 1. The molecule has 0 N–H and O–H groups in total. The molecule has 2 aromatic carbocycles. The Hall–Kier alpha value is -2.60. The zero-order valence-corrected chi connectivity index (χ0v) is 14.2. The molecule has 0 atom stereocenters. The van der Waals surface area contributed by atoms with Crippen LogP contribution in [0.5, 0.6) is 5.75 Å². The van der Waals surface area contributed by atoms with E-state index in [9.17, 15) is 4.79 Å². The molecule has 0 fully saturated rings. The van der Waals surface area contributed by atoms with Gasteiger partial charge in [0, 0.05) is 16.6 Å². The molecule has 0 aliphatic carbocycles. The Labute approximate surface area is 147 Å². The molecule has 0 spiro atoms. The second kappa shape index (κ2) is 7.79. The average molecular weight is 388 g/mol. The molecule has 0 aliphatic rings. The summed E-state index contributed by atoms with van der Waals surface area (Å²) in [5, 5.41) is 0. The van der Waals surface area contributed by atoms with Crippen molar-refractivity contribution in [1.82, 2.24) is 4.98 Å². The van der Waals surface area contributed by atoms with Gasteiger partial charge < -0.3 is 13.9 Å². The number of esters is 1. The van der Waals surface area contributed by atoms with Crippen molar-refractivity contribution in [1.29, 1.82) is 0 Å². The molecule has 0 saturated heterocycles. The predicted molar refractivity (Wildman–Crippen MR) is 93.6 cm³/mol. The van der Waals surface area contributed by atoms with Gasteiger partial charge in [0.05, 0.1) is 0 Å². The van der Waals surface area contributed by atoms with Gasteiger partial charge in [-0.25, -0.2) is 9.78 Å². The predicted octanol–water partition coefficient (Wildman–Crippen LogP) is 4.23. The first kappa shape index (κ1) is 16.3. The van der Waals surface area contributed by atoms with E-state index in [1.807, 2.05) is 48.5 Å². The maximum Gasteiger partial charge on any atom is 0.331 e. The molecule has 0 aliphatic heterocycles. The Bertz CT molecular complexity index is 839. The van der Waals surface area contributed by atoms with Crippen LogP contribution >= 0.6 is 15.9 Å². The van der Waals surface area contributed by atoms with Crippen molar-refractivity contribution in [3.05, 3.63) is 65.0 Å². The van der Waals surface area contributed by atoms with Crippen LogP contribution in [0.15, 0.2) is 63.5 Å². The Balaban J connectivity index is 1.45. The zero-order chi connectivity index (χ0) is 16.8. The lowest BCUT2D eigenvalue weighted by Crippen LogP contribution is -2.10. The molecule has 0 amide bonds. The van der Waals surface area contributed by atoms with E-state index in [-0.39, 0.29) is 13.2 Å². The quantitative estimate of drug-likeness (QED) is 0.359. The summed E-state index contributed by atoms with van der Waals surface area (Å²) in [4.78, 5) is 15.9. The van der Waals surface area contributed by atoms with E-state index in [1.165, 1.54) is 12.2 Å². The number of para-hydroxylation sites is 2. The monoisotopic (exact) mass is 387 g/mol. The standard InChI is InChI=1S/C18H14BrNO4/c19-13-4-3-5-14(12-13)22-10-11-23-18(21)9-8-17-20-15-6-1-2-7-16(15)24-17/h1-9,12H,10-11H2/b9-8+. The first-order valence-corrected chi connectivity index (χ1v) is 8.09. The summed E-state index contributed by atoms with van der Waals surface area (Å²) in [5.74, 6) is 0.594. The molecule has 3 aromatic rings. The highest BCUT2D eigenvalue weighted by atomic mass is 79.9. The third-order valence-electron chi connectivity index (χ3n) is 3.06. The number of benzene rings is 2. The summed E-state index contributed by atoms with van der Waals surface area (Å²) in [6, 6.07) is 14.8. The fourth-order valence-electron chi connectivity index (χ4n) is 2.01. The second-order valence-electron chi connectivity index (χ2n) is 4.83. The van der Waals surface area contributed by atoms with Gasteiger partial charge in [0.25, 0.3) is 0 Å². The zero-order valence-electron chi connectivity index (χ0n) is 12.6. The third kappa shape index (κ3) is 4.45. The van der Waals surface area contributed by atoms with Crippen LogP contribution in [-0.4, -0.2) is 24.2 Å². The third-order valence-corrected chi connectivity index (χ3v) is 3.56. The molecule has 24 heavy (non-hydrogen) atoms. The summed E-state index contributed by atoms with van der Waals surface area (Å²) < 4.78 is 16.9. The van der Waals surface area contributed by atoms with E-state index in [0.717, 1.165) is 9.99 Å². The Kier molecular flexibility index (Phi) is 5.28. The van der Waals surface area contributed by atoms with Crippen LogP contribution in [0.3, 0.4) is 0 Å². The van der Waals surface area contributed by atoms with E-state index in [2.05, 4.69) is 20.9 Å². The smallest absolute Gasteiger partial charge is 0.331 e. The number of carbonyl (C=O) groups excluding carboxylic acids is 1. The van der Waals surface area contributed by atoms with Gasteiger partial charge in [-0.2, -0.15) is 0 Å². The molecule has 6 heteroatoms. The Morgan fingerprint density at radius 3 is 2.88 bits per heavy atom. The van der Waals surface area contributed by atoms with Crippen molar-refractivity contribution in [2.75, 3.05) is 13.2 Å². The molecule has 0 radical (unpaired) electrons. The lowest BCUT2D eigenvalue weighted by molar-refractivity contribution is -0.138. The van der Waals surface area contributed by atoms with Crippen LogP contribution in [-0.2, 0) is 9.53 Å². The summed E-state index contributed by atoms with van der Waals surface area (Å²) in [7, 11) is 0. The topological polar surface area (TPSA) is 61.6 Å². The SMILES string of the molecule is O=C(/C=C/c1nc2ccccc2o1)OCCOc1cccc(Br)c1. The van der Waals surface area contributed by atoms with Crippen LogP contribution in [0.4, 0.5) is 0 Å². The molecule has 0 saturated carbocycles. The number of oxazole rings is 1.